The van der Waals surface area contributed by atoms with Crippen molar-refractivity contribution in [1.29, 1.82) is 0 Å². The Hall–Kier alpha value is -2.17. The van der Waals surface area contributed by atoms with Crippen molar-refractivity contribution >= 4 is 17.5 Å². The fourth-order valence-corrected chi connectivity index (χ4v) is 3.21. The van der Waals surface area contributed by atoms with Crippen LogP contribution in [0, 0.1) is 0 Å². The molecule has 0 fully saturated rings. The Kier molecular flexibility index (Phi) is 4.20. The highest BCUT2D eigenvalue weighted by molar-refractivity contribution is 6.11. The molecule has 0 saturated heterocycles. The lowest BCUT2D eigenvalue weighted by atomic mass is 9.84. The fourth-order valence-electron chi connectivity index (χ4n) is 3.21. The van der Waals surface area contributed by atoms with E-state index in [4.69, 9.17) is 0 Å². The van der Waals surface area contributed by atoms with Crippen molar-refractivity contribution in [3.8, 4) is 0 Å². The minimum atomic E-state index is -0.0449. The topological polar surface area (TPSA) is 53.0 Å². The molecule has 5 nitrogen and oxygen atoms in total. The zero-order valence-corrected chi connectivity index (χ0v) is 14.9. The molecule has 0 saturated carbocycles. The van der Waals surface area contributed by atoms with Gasteiger partial charge in [0.25, 0.3) is 0 Å². The Morgan fingerprint density at radius 3 is 2.62 bits per heavy atom. The van der Waals surface area contributed by atoms with Crippen LogP contribution < -0.4 is 0 Å². The monoisotopic (exact) mass is 327 g/mol. The van der Waals surface area contributed by atoms with E-state index in [1.807, 2.05) is 4.90 Å². The summed E-state index contributed by atoms with van der Waals surface area (Å²) in [7, 11) is 1.63. The van der Waals surface area contributed by atoms with Gasteiger partial charge in [0, 0.05) is 20.1 Å². The van der Waals surface area contributed by atoms with Gasteiger partial charge in [-0.15, -0.1) is 0 Å². The van der Waals surface area contributed by atoms with Crippen molar-refractivity contribution in [2.45, 2.75) is 52.0 Å². The normalized spacial score (nSPS) is 17.8. The Balaban J connectivity index is 1.68. The zero-order chi connectivity index (χ0) is 17.5. The van der Waals surface area contributed by atoms with E-state index in [-0.39, 0.29) is 30.1 Å². The molecule has 0 spiro atoms. The number of amides is 2. The number of benzene rings is 1. The van der Waals surface area contributed by atoms with Crippen LogP contribution in [0.5, 0.6) is 0 Å². The molecule has 0 bridgehead atoms. The average molecular weight is 327 g/mol. The Morgan fingerprint density at radius 1 is 1.25 bits per heavy atom. The summed E-state index contributed by atoms with van der Waals surface area (Å²) in [5.41, 5.74) is 4.72. The molecule has 2 heterocycles. The van der Waals surface area contributed by atoms with Crippen molar-refractivity contribution in [2.75, 3.05) is 13.6 Å². The standard InChI is InChI=1S/C19H25N3O2/c1-19(2,3)15-6-5-14-12-22(8-7-13(14)9-15)18(24)11-16-10-17(23)21(4)20-16/h5-6,9H,7-8,10-12H2,1-4H3. The molecule has 128 valence electrons. The van der Waals surface area contributed by atoms with Gasteiger partial charge in [-0.25, -0.2) is 5.01 Å². The number of rotatable bonds is 2. The third kappa shape index (κ3) is 3.35. The van der Waals surface area contributed by atoms with E-state index in [2.05, 4.69) is 44.1 Å². The van der Waals surface area contributed by atoms with Crippen LogP contribution in [0.3, 0.4) is 0 Å². The molecular formula is C19H25N3O2. The van der Waals surface area contributed by atoms with Gasteiger partial charge in [-0.2, -0.15) is 5.10 Å². The predicted octanol–water partition coefficient (Wildman–Crippen LogP) is 2.48. The van der Waals surface area contributed by atoms with Crippen molar-refractivity contribution < 1.29 is 9.59 Å². The maximum atomic E-state index is 12.5. The highest BCUT2D eigenvalue weighted by atomic mass is 16.2. The maximum absolute atomic E-state index is 12.5. The van der Waals surface area contributed by atoms with Crippen LogP contribution >= 0.6 is 0 Å². The highest BCUT2D eigenvalue weighted by Gasteiger charge is 2.27. The number of hydrogen-bond donors (Lipinski definition) is 0. The third-order valence-corrected chi connectivity index (χ3v) is 4.80. The Labute approximate surface area is 143 Å². The van der Waals surface area contributed by atoms with Crippen LogP contribution in [0.2, 0.25) is 0 Å². The van der Waals surface area contributed by atoms with Crippen LogP contribution in [0.4, 0.5) is 0 Å². The third-order valence-electron chi connectivity index (χ3n) is 4.80. The second-order valence-electron chi connectivity index (χ2n) is 7.74. The van der Waals surface area contributed by atoms with E-state index < -0.39 is 0 Å². The zero-order valence-electron chi connectivity index (χ0n) is 14.9. The van der Waals surface area contributed by atoms with Crippen LogP contribution in [-0.4, -0.2) is 41.0 Å². The molecule has 3 rings (SSSR count). The fraction of sp³-hybridized carbons (Fsp3) is 0.526. The molecule has 0 aliphatic carbocycles. The summed E-state index contributed by atoms with van der Waals surface area (Å²) in [5, 5.41) is 5.46. The first-order chi connectivity index (χ1) is 11.2. The SMILES string of the molecule is CN1N=C(CC(=O)N2CCc3cc(C(C)(C)C)ccc3C2)CC1=O. The molecule has 24 heavy (non-hydrogen) atoms. The highest BCUT2D eigenvalue weighted by Crippen LogP contribution is 2.27. The lowest BCUT2D eigenvalue weighted by Gasteiger charge is -2.30. The van der Waals surface area contributed by atoms with Gasteiger partial charge in [-0.1, -0.05) is 39.0 Å². The molecule has 1 aromatic carbocycles. The molecule has 1 aromatic rings. The van der Waals surface area contributed by atoms with Crippen molar-refractivity contribution in [2.24, 2.45) is 5.10 Å². The molecule has 5 heteroatoms. The second kappa shape index (κ2) is 6.04. The van der Waals surface area contributed by atoms with Crippen molar-refractivity contribution in [3.05, 3.63) is 34.9 Å². The number of hydrazone groups is 1. The van der Waals surface area contributed by atoms with Crippen molar-refractivity contribution in [3.63, 3.8) is 0 Å². The van der Waals surface area contributed by atoms with Gasteiger partial charge in [-0.3, -0.25) is 9.59 Å². The first-order valence-electron chi connectivity index (χ1n) is 8.47. The van der Waals surface area contributed by atoms with E-state index in [1.165, 1.54) is 21.7 Å². The Morgan fingerprint density at radius 2 is 2.00 bits per heavy atom. The summed E-state index contributed by atoms with van der Waals surface area (Å²) in [4.78, 5) is 25.9. The van der Waals surface area contributed by atoms with Crippen LogP contribution in [0.1, 0.15) is 50.3 Å². The van der Waals surface area contributed by atoms with Gasteiger partial charge in [0.05, 0.1) is 18.6 Å². The van der Waals surface area contributed by atoms with Gasteiger partial charge in [-0.05, 0) is 28.5 Å². The van der Waals surface area contributed by atoms with E-state index in [9.17, 15) is 9.59 Å². The largest absolute Gasteiger partial charge is 0.338 e. The van der Waals surface area contributed by atoms with Gasteiger partial charge < -0.3 is 4.90 Å². The molecule has 0 aromatic heterocycles. The molecule has 2 aliphatic heterocycles. The van der Waals surface area contributed by atoms with E-state index >= 15 is 0 Å². The van der Waals surface area contributed by atoms with Gasteiger partial charge in [0.2, 0.25) is 11.8 Å². The Bertz CT molecular complexity index is 716. The van der Waals surface area contributed by atoms with Gasteiger partial charge >= 0.3 is 0 Å². The quantitative estimate of drug-likeness (QED) is 0.838. The summed E-state index contributed by atoms with van der Waals surface area (Å²) in [6.07, 6.45) is 1.39. The molecule has 0 N–H and O–H groups in total. The predicted molar refractivity (Wildman–Crippen MR) is 93.7 cm³/mol. The lowest BCUT2D eigenvalue weighted by molar-refractivity contribution is -0.130. The molecule has 0 unspecified atom stereocenters. The van der Waals surface area contributed by atoms with E-state index in [0.717, 1.165) is 13.0 Å². The summed E-state index contributed by atoms with van der Waals surface area (Å²) >= 11 is 0. The number of carbonyl (C=O) groups excluding carboxylic acids is 2. The van der Waals surface area contributed by atoms with E-state index in [1.54, 1.807) is 7.05 Å². The molecule has 2 amide bonds. The first kappa shape index (κ1) is 16.7. The maximum Gasteiger partial charge on any atom is 0.248 e. The van der Waals surface area contributed by atoms with Crippen LogP contribution in [-0.2, 0) is 28.0 Å². The minimum absolute atomic E-state index is 0.0449. The number of fused-ring (bicyclic) bond motifs is 1. The van der Waals surface area contributed by atoms with Crippen LogP contribution in [0.25, 0.3) is 0 Å². The summed E-state index contributed by atoms with van der Waals surface area (Å²) in [6, 6.07) is 6.60. The molecule has 0 radical (unpaired) electrons. The van der Waals surface area contributed by atoms with Crippen molar-refractivity contribution in [1.82, 2.24) is 9.91 Å². The number of nitrogens with zero attached hydrogens (tertiary/aromatic N) is 3. The van der Waals surface area contributed by atoms with Crippen LogP contribution in [0.15, 0.2) is 23.3 Å². The molecular weight excluding hydrogens is 302 g/mol. The minimum Gasteiger partial charge on any atom is -0.338 e. The smallest absolute Gasteiger partial charge is 0.248 e. The molecule has 2 aliphatic rings. The lowest BCUT2D eigenvalue weighted by Crippen LogP contribution is -2.37. The average Bonchev–Trinajstić information content (AvgIpc) is 2.83. The summed E-state index contributed by atoms with van der Waals surface area (Å²) < 4.78 is 0. The van der Waals surface area contributed by atoms with Gasteiger partial charge in [0.1, 0.15) is 0 Å². The number of carbonyl (C=O) groups is 2. The molecule has 0 atom stereocenters. The number of hydrogen-bond acceptors (Lipinski definition) is 3. The first-order valence-corrected chi connectivity index (χ1v) is 8.47. The van der Waals surface area contributed by atoms with E-state index in [0.29, 0.717) is 12.3 Å². The second-order valence-corrected chi connectivity index (χ2v) is 7.74. The summed E-state index contributed by atoms with van der Waals surface area (Å²) in [5.74, 6) is 0.0129. The van der Waals surface area contributed by atoms with Gasteiger partial charge in [0.15, 0.2) is 0 Å². The summed E-state index contributed by atoms with van der Waals surface area (Å²) in [6.45, 7) is 8.03.